The zero-order chi connectivity index (χ0) is 18.7. The molecule has 0 fully saturated rings. The number of aliphatic hydroxyl groups excluding tert-OH is 1. The van der Waals surface area contributed by atoms with E-state index in [9.17, 15) is 15.0 Å². The van der Waals surface area contributed by atoms with Crippen LogP contribution < -0.4 is 5.32 Å². The molecule has 5 nitrogen and oxygen atoms in total. The SMILES string of the molecule is O=C(O)c1cc(-c2ccc(NCC(O)CCl)cc2)nc2ccc(Cl)cc12. The Kier molecular flexibility index (Phi) is 5.61. The summed E-state index contributed by atoms with van der Waals surface area (Å²) in [5, 5.41) is 23.0. The smallest absolute Gasteiger partial charge is 0.336 e. The molecule has 2 aromatic carbocycles. The summed E-state index contributed by atoms with van der Waals surface area (Å²) in [6, 6.07) is 13.9. The maximum atomic E-state index is 11.6. The Balaban J connectivity index is 1.95. The summed E-state index contributed by atoms with van der Waals surface area (Å²) in [4.78, 5) is 16.2. The van der Waals surface area contributed by atoms with Crippen molar-refractivity contribution in [3.8, 4) is 11.3 Å². The molecular formula is C19H16Cl2N2O3. The summed E-state index contributed by atoms with van der Waals surface area (Å²) >= 11 is 11.5. The van der Waals surface area contributed by atoms with Crippen LogP contribution in [0.3, 0.4) is 0 Å². The molecule has 0 aliphatic heterocycles. The third kappa shape index (κ3) is 4.07. The van der Waals surface area contributed by atoms with Gasteiger partial charge < -0.3 is 15.5 Å². The zero-order valence-electron chi connectivity index (χ0n) is 13.6. The highest BCUT2D eigenvalue weighted by Gasteiger charge is 2.13. The Bertz CT molecular complexity index is 945. The van der Waals surface area contributed by atoms with E-state index in [0.717, 1.165) is 11.3 Å². The number of halogens is 2. The Labute approximate surface area is 160 Å². The number of carboxylic acid groups (broad SMARTS) is 1. The molecule has 0 radical (unpaired) electrons. The first-order valence-electron chi connectivity index (χ1n) is 7.90. The standard InChI is InChI=1S/C19H16Cl2N2O3/c20-9-14(24)10-22-13-4-1-11(2-5-13)18-8-16(19(25)26)15-7-12(21)3-6-17(15)23-18/h1-8,14,22,24H,9-10H2,(H,25,26). The van der Waals surface area contributed by atoms with Crippen molar-refractivity contribution in [3.63, 3.8) is 0 Å². The number of aliphatic hydroxyl groups is 1. The van der Waals surface area contributed by atoms with Crippen LogP contribution in [0.15, 0.2) is 48.5 Å². The Hall–Kier alpha value is -2.34. The van der Waals surface area contributed by atoms with Gasteiger partial charge in [0.15, 0.2) is 0 Å². The largest absolute Gasteiger partial charge is 0.478 e. The predicted molar refractivity (Wildman–Crippen MR) is 104 cm³/mol. The summed E-state index contributed by atoms with van der Waals surface area (Å²) in [6.07, 6.45) is -0.622. The van der Waals surface area contributed by atoms with Gasteiger partial charge in [-0.2, -0.15) is 0 Å². The van der Waals surface area contributed by atoms with E-state index in [4.69, 9.17) is 23.2 Å². The second-order valence-electron chi connectivity index (χ2n) is 5.79. The van der Waals surface area contributed by atoms with E-state index >= 15 is 0 Å². The third-order valence-corrected chi connectivity index (χ3v) is 4.49. The predicted octanol–water partition coefficient (Wildman–Crippen LogP) is 4.27. The second kappa shape index (κ2) is 7.91. The van der Waals surface area contributed by atoms with Crippen molar-refractivity contribution in [1.29, 1.82) is 0 Å². The molecule has 3 rings (SSSR count). The normalized spacial score (nSPS) is 12.1. The van der Waals surface area contributed by atoms with Gasteiger partial charge in [-0.15, -0.1) is 11.6 Å². The van der Waals surface area contributed by atoms with E-state index in [1.807, 2.05) is 24.3 Å². The molecule has 3 aromatic rings. The number of alkyl halides is 1. The topological polar surface area (TPSA) is 82.5 Å². The van der Waals surface area contributed by atoms with Gasteiger partial charge in [0, 0.05) is 28.2 Å². The fourth-order valence-electron chi connectivity index (χ4n) is 2.57. The van der Waals surface area contributed by atoms with E-state index in [1.165, 1.54) is 0 Å². The molecular weight excluding hydrogens is 375 g/mol. The maximum Gasteiger partial charge on any atom is 0.336 e. The fraction of sp³-hybridized carbons (Fsp3) is 0.158. The van der Waals surface area contributed by atoms with Crippen LogP contribution in [-0.4, -0.2) is 39.7 Å². The Morgan fingerprint density at radius 2 is 1.88 bits per heavy atom. The molecule has 134 valence electrons. The van der Waals surface area contributed by atoms with Crippen molar-refractivity contribution in [2.75, 3.05) is 17.7 Å². The van der Waals surface area contributed by atoms with Gasteiger partial charge >= 0.3 is 5.97 Å². The van der Waals surface area contributed by atoms with Gasteiger partial charge in [-0.1, -0.05) is 23.7 Å². The van der Waals surface area contributed by atoms with Gasteiger partial charge in [-0.25, -0.2) is 9.78 Å². The van der Waals surface area contributed by atoms with Crippen LogP contribution in [0.25, 0.3) is 22.2 Å². The lowest BCUT2D eigenvalue weighted by molar-refractivity contribution is 0.0699. The quantitative estimate of drug-likeness (QED) is 0.547. The van der Waals surface area contributed by atoms with Crippen LogP contribution in [-0.2, 0) is 0 Å². The highest BCUT2D eigenvalue weighted by Crippen LogP contribution is 2.27. The van der Waals surface area contributed by atoms with E-state index < -0.39 is 12.1 Å². The first-order valence-corrected chi connectivity index (χ1v) is 8.81. The van der Waals surface area contributed by atoms with E-state index in [0.29, 0.717) is 28.2 Å². The third-order valence-electron chi connectivity index (χ3n) is 3.90. The van der Waals surface area contributed by atoms with Crippen LogP contribution in [0, 0.1) is 0 Å². The molecule has 7 heteroatoms. The Morgan fingerprint density at radius 1 is 1.15 bits per heavy atom. The molecule has 1 atom stereocenters. The van der Waals surface area contributed by atoms with Crippen molar-refractivity contribution >= 4 is 45.8 Å². The van der Waals surface area contributed by atoms with E-state index in [2.05, 4.69) is 10.3 Å². The molecule has 3 N–H and O–H groups in total. The highest BCUT2D eigenvalue weighted by molar-refractivity contribution is 6.31. The van der Waals surface area contributed by atoms with Gasteiger partial charge in [0.1, 0.15) is 0 Å². The van der Waals surface area contributed by atoms with Crippen LogP contribution in [0.5, 0.6) is 0 Å². The summed E-state index contributed by atoms with van der Waals surface area (Å²) in [6.45, 7) is 0.348. The van der Waals surface area contributed by atoms with E-state index in [1.54, 1.807) is 24.3 Å². The first kappa shape index (κ1) is 18.5. The van der Waals surface area contributed by atoms with Crippen LogP contribution in [0.2, 0.25) is 5.02 Å². The molecule has 0 saturated carbocycles. The summed E-state index contributed by atoms with van der Waals surface area (Å²) < 4.78 is 0. The average molecular weight is 391 g/mol. The summed E-state index contributed by atoms with van der Waals surface area (Å²) in [5.41, 5.74) is 2.89. The average Bonchev–Trinajstić information content (AvgIpc) is 2.65. The van der Waals surface area contributed by atoms with Crippen LogP contribution in [0.1, 0.15) is 10.4 Å². The molecule has 1 aromatic heterocycles. The molecule has 1 heterocycles. The van der Waals surface area contributed by atoms with Crippen molar-refractivity contribution in [2.24, 2.45) is 0 Å². The minimum atomic E-state index is -1.03. The minimum Gasteiger partial charge on any atom is -0.478 e. The molecule has 0 bridgehead atoms. The lowest BCUT2D eigenvalue weighted by atomic mass is 10.0. The molecule has 0 aliphatic carbocycles. The summed E-state index contributed by atoms with van der Waals surface area (Å²) in [7, 11) is 0. The van der Waals surface area contributed by atoms with Crippen LogP contribution in [0.4, 0.5) is 5.69 Å². The number of rotatable bonds is 6. The molecule has 0 aliphatic rings. The molecule has 0 saturated heterocycles. The molecule has 0 spiro atoms. The minimum absolute atomic E-state index is 0.153. The highest BCUT2D eigenvalue weighted by atomic mass is 35.5. The van der Waals surface area contributed by atoms with E-state index in [-0.39, 0.29) is 11.4 Å². The monoisotopic (exact) mass is 390 g/mol. The number of carbonyl (C=O) groups is 1. The van der Waals surface area contributed by atoms with Crippen molar-refractivity contribution in [2.45, 2.75) is 6.10 Å². The van der Waals surface area contributed by atoms with Gasteiger partial charge in [0.2, 0.25) is 0 Å². The van der Waals surface area contributed by atoms with Crippen molar-refractivity contribution < 1.29 is 15.0 Å². The number of aromatic carboxylic acids is 1. The number of fused-ring (bicyclic) bond motifs is 1. The number of pyridine rings is 1. The number of anilines is 1. The number of benzene rings is 2. The Morgan fingerprint density at radius 3 is 2.54 bits per heavy atom. The second-order valence-corrected chi connectivity index (χ2v) is 6.53. The number of nitrogens with zero attached hydrogens (tertiary/aromatic N) is 1. The van der Waals surface area contributed by atoms with Gasteiger partial charge in [0.05, 0.1) is 28.8 Å². The van der Waals surface area contributed by atoms with Gasteiger partial charge in [-0.05, 0) is 36.4 Å². The molecule has 0 amide bonds. The number of hydrogen-bond acceptors (Lipinski definition) is 4. The van der Waals surface area contributed by atoms with Crippen molar-refractivity contribution in [1.82, 2.24) is 4.98 Å². The number of hydrogen-bond donors (Lipinski definition) is 3. The lowest BCUT2D eigenvalue weighted by Gasteiger charge is -2.11. The zero-order valence-corrected chi connectivity index (χ0v) is 15.1. The number of aromatic nitrogens is 1. The number of carboxylic acids is 1. The number of nitrogens with one attached hydrogen (secondary N) is 1. The first-order chi connectivity index (χ1) is 12.5. The molecule has 1 unspecified atom stereocenters. The van der Waals surface area contributed by atoms with Crippen molar-refractivity contribution in [3.05, 3.63) is 59.1 Å². The van der Waals surface area contributed by atoms with Gasteiger partial charge in [0.25, 0.3) is 0 Å². The van der Waals surface area contributed by atoms with Crippen LogP contribution >= 0.6 is 23.2 Å². The summed E-state index contributed by atoms with van der Waals surface area (Å²) in [5.74, 6) is -0.872. The maximum absolute atomic E-state index is 11.6. The fourth-order valence-corrected chi connectivity index (χ4v) is 2.85. The molecule has 26 heavy (non-hydrogen) atoms. The lowest BCUT2D eigenvalue weighted by Crippen LogP contribution is -2.20. The van der Waals surface area contributed by atoms with Gasteiger partial charge in [-0.3, -0.25) is 0 Å².